The summed E-state index contributed by atoms with van der Waals surface area (Å²) in [5, 5.41) is 21.3. The average Bonchev–Trinajstić information content (AvgIpc) is 3.25. The molecular weight excluding hydrogens is 535 g/mol. The highest BCUT2D eigenvalue weighted by molar-refractivity contribution is 6.40. The van der Waals surface area contributed by atoms with Gasteiger partial charge in [-0.3, -0.25) is 14.8 Å². The third kappa shape index (κ3) is 7.31. The molecule has 2 amide bonds. The van der Waals surface area contributed by atoms with E-state index in [9.17, 15) is 14.7 Å². The molecule has 1 aliphatic heterocycles. The number of halogens is 2. The quantitative estimate of drug-likeness (QED) is 0.210. The van der Waals surface area contributed by atoms with Gasteiger partial charge in [-0.15, -0.1) is 0 Å². The number of carbonyl (C=O) groups is 2. The summed E-state index contributed by atoms with van der Waals surface area (Å²) in [6.07, 6.45) is 1.22. The maximum absolute atomic E-state index is 12.3. The van der Waals surface area contributed by atoms with Crippen molar-refractivity contribution in [2.45, 2.75) is 57.3 Å². The predicted molar refractivity (Wildman–Crippen MR) is 140 cm³/mol. The Morgan fingerprint density at radius 3 is 2.50 bits per heavy atom. The highest BCUT2D eigenvalue weighted by Crippen LogP contribution is 2.39. The van der Waals surface area contributed by atoms with Crippen LogP contribution in [0.2, 0.25) is 10.3 Å². The van der Waals surface area contributed by atoms with Crippen LogP contribution in [0.25, 0.3) is 0 Å². The minimum atomic E-state index is -0.737. The van der Waals surface area contributed by atoms with E-state index in [0.717, 1.165) is 11.1 Å². The van der Waals surface area contributed by atoms with Gasteiger partial charge in [0.05, 0.1) is 31.7 Å². The summed E-state index contributed by atoms with van der Waals surface area (Å²) < 4.78 is 14.4. The molecular formula is C26H28Cl2N4O6. The van der Waals surface area contributed by atoms with Crippen molar-refractivity contribution in [3.05, 3.63) is 81.9 Å². The number of nitrogens with one attached hydrogen (secondary N) is 2. The van der Waals surface area contributed by atoms with E-state index in [2.05, 4.69) is 10.3 Å². The first-order valence-electron chi connectivity index (χ1n) is 12.1. The standard InChI is InChI=1S/C26H28Cl2N4O6/c27-24-25(28)32(15-29-24)13-20-12-21(17-9-7-16(14-33)8-10-17)38-26(37-20)18-3-1-4-19(11-18)30-22(34)5-2-6-23(35)31-36/h1,3-4,7-11,15,20-21,26,33,36H,2,5-6,12-14H2,(H,30,34)(H,31,35)/t20-,21+,26+/m0/s1. The van der Waals surface area contributed by atoms with Crippen molar-refractivity contribution in [2.24, 2.45) is 0 Å². The molecule has 0 unspecified atom stereocenters. The van der Waals surface area contributed by atoms with Crippen molar-refractivity contribution in [3.8, 4) is 0 Å². The van der Waals surface area contributed by atoms with Gasteiger partial charge < -0.3 is 24.5 Å². The molecule has 10 nitrogen and oxygen atoms in total. The Bertz CT molecular complexity index is 1250. The van der Waals surface area contributed by atoms with Gasteiger partial charge in [-0.2, -0.15) is 0 Å². The molecule has 0 saturated carbocycles. The summed E-state index contributed by atoms with van der Waals surface area (Å²) >= 11 is 12.3. The minimum absolute atomic E-state index is 0.0436. The first-order valence-corrected chi connectivity index (χ1v) is 12.8. The third-order valence-electron chi connectivity index (χ3n) is 6.12. The van der Waals surface area contributed by atoms with Gasteiger partial charge >= 0.3 is 0 Å². The molecule has 1 aromatic heterocycles. The molecule has 12 heteroatoms. The van der Waals surface area contributed by atoms with Gasteiger partial charge in [0.2, 0.25) is 11.8 Å². The number of anilines is 1. The van der Waals surface area contributed by atoms with Gasteiger partial charge in [-0.1, -0.05) is 59.6 Å². The molecule has 2 aromatic carbocycles. The second-order valence-electron chi connectivity index (χ2n) is 8.89. The van der Waals surface area contributed by atoms with Crippen molar-refractivity contribution in [1.29, 1.82) is 0 Å². The maximum atomic E-state index is 12.3. The summed E-state index contributed by atoms with van der Waals surface area (Å²) in [4.78, 5) is 27.5. The molecule has 0 bridgehead atoms. The van der Waals surface area contributed by atoms with Crippen molar-refractivity contribution in [2.75, 3.05) is 5.32 Å². The fourth-order valence-corrected chi connectivity index (χ4v) is 4.49. The van der Waals surface area contributed by atoms with Crippen LogP contribution < -0.4 is 10.8 Å². The van der Waals surface area contributed by atoms with Gasteiger partial charge in [0, 0.05) is 30.5 Å². The molecule has 4 rings (SSSR count). The van der Waals surface area contributed by atoms with E-state index in [-0.39, 0.29) is 42.7 Å². The Morgan fingerprint density at radius 1 is 1.05 bits per heavy atom. The van der Waals surface area contributed by atoms with E-state index in [1.807, 2.05) is 30.3 Å². The third-order valence-corrected chi connectivity index (χ3v) is 6.89. The number of hydrogen-bond donors (Lipinski definition) is 4. The van der Waals surface area contributed by atoms with Gasteiger partial charge in [-0.05, 0) is 29.7 Å². The number of aromatic nitrogens is 2. The van der Waals surface area contributed by atoms with E-state index >= 15 is 0 Å². The largest absolute Gasteiger partial charge is 0.392 e. The van der Waals surface area contributed by atoms with Crippen LogP contribution in [0, 0.1) is 0 Å². The lowest BCUT2D eigenvalue weighted by Gasteiger charge is -2.36. The normalized spacial score (nSPS) is 19.2. The smallest absolute Gasteiger partial charge is 0.243 e. The average molecular weight is 563 g/mol. The number of hydrogen-bond acceptors (Lipinski definition) is 7. The molecule has 1 saturated heterocycles. The summed E-state index contributed by atoms with van der Waals surface area (Å²) in [6, 6.07) is 14.7. The van der Waals surface area contributed by atoms with E-state index in [0.29, 0.717) is 35.8 Å². The molecule has 0 spiro atoms. The van der Waals surface area contributed by atoms with Crippen molar-refractivity contribution in [3.63, 3.8) is 0 Å². The van der Waals surface area contributed by atoms with Crippen LogP contribution in [-0.2, 0) is 32.2 Å². The SMILES string of the molecule is O=C(CCCC(=O)Nc1cccc([C@@H]2O[C@H](Cn3cnc(Cl)c3Cl)C[C@H](c3ccc(CO)cc3)O2)c1)NO. The number of hydroxylamine groups is 1. The second kappa shape index (κ2) is 13.2. The molecule has 4 N–H and O–H groups in total. The Kier molecular flexibility index (Phi) is 9.73. The van der Waals surface area contributed by atoms with Crippen LogP contribution in [0.5, 0.6) is 0 Å². The molecule has 3 atom stereocenters. The first-order chi connectivity index (χ1) is 18.4. The molecule has 3 aromatic rings. The van der Waals surface area contributed by atoms with Crippen LogP contribution in [0.1, 0.15) is 54.8 Å². The Labute approximate surface area is 229 Å². The molecule has 38 heavy (non-hydrogen) atoms. The lowest BCUT2D eigenvalue weighted by atomic mass is 10.00. The lowest BCUT2D eigenvalue weighted by molar-refractivity contribution is -0.252. The van der Waals surface area contributed by atoms with Crippen LogP contribution >= 0.6 is 23.2 Å². The highest BCUT2D eigenvalue weighted by atomic mass is 35.5. The highest BCUT2D eigenvalue weighted by Gasteiger charge is 2.33. The van der Waals surface area contributed by atoms with Crippen molar-refractivity contribution >= 4 is 40.7 Å². The lowest BCUT2D eigenvalue weighted by Crippen LogP contribution is -2.32. The second-order valence-corrected chi connectivity index (χ2v) is 9.61. The molecule has 1 fully saturated rings. The first kappa shape index (κ1) is 28.0. The molecule has 0 aliphatic carbocycles. The molecule has 0 radical (unpaired) electrons. The van der Waals surface area contributed by atoms with Crippen molar-refractivity contribution in [1.82, 2.24) is 15.0 Å². The van der Waals surface area contributed by atoms with Gasteiger partial charge in [0.25, 0.3) is 0 Å². The summed E-state index contributed by atoms with van der Waals surface area (Å²) in [5.74, 6) is -0.800. The number of aliphatic hydroxyl groups excluding tert-OH is 1. The molecule has 1 aliphatic rings. The maximum Gasteiger partial charge on any atom is 0.243 e. The number of ether oxygens (including phenoxy) is 2. The summed E-state index contributed by atoms with van der Waals surface area (Å²) in [7, 11) is 0. The van der Waals surface area contributed by atoms with E-state index in [1.54, 1.807) is 34.6 Å². The van der Waals surface area contributed by atoms with Crippen LogP contribution in [0.3, 0.4) is 0 Å². The van der Waals surface area contributed by atoms with Gasteiger partial charge in [0.15, 0.2) is 11.4 Å². The van der Waals surface area contributed by atoms with E-state index in [1.165, 1.54) is 0 Å². The Hall–Kier alpha value is -2.99. The number of imidazole rings is 1. The predicted octanol–water partition coefficient (Wildman–Crippen LogP) is 4.54. The zero-order valence-electron chi connectivity index (χ0n) is 20.3. The van der Waals surface area contributed by atoms with Crippen LogP contribution in [0.15, 0.2) is 54.9 Å². The number of carbonyl (C=O) groups excluding carboxylic acids is 2. The fourth-order valence-electron chi connectivity index (χ4n) is 4.17. The number of aliphatic hydroxyl groups is 1. The molecule has 2 heterocycles. The van der Waals surface area contributed by atoms with Crippen LogP contribution in [-0.4, -0.2) is 37.8 Å². The van der Waals surface area contributed by atoms with E-state index < -0.39 is 12.2 Å². The number of benzene rings is 2. The number of rotatable bonds is 10. The molecule has 202 valence electrons. The van der Waals surface area contributed by atoms with Crippen molar-refractivity contribution < 1.29 is 29.4 Å². The van der Waals surface area contributed by atoms with E-state index in [4.69, 9.17) is 37.9 Å². The zero-order valence-corrected chi connectivity index (χ0v) is 21.9. The number of amides is 2. The summed E-state index contributed by atoms with van der Waals surface area (Å²) in [5.41, 5.74) is 4.55. The Morgan fingerprint density at radius 2 is 1.82 bits per heavy atom. The van der Waals surface area contributed by atoms with Gasteiger partial charge in [0.1, 0.15) is 5.15 Å². The summed E-state index contributed by atoms with van der Waals surface area (Å²) in [6.45, 7) is 0.356. The topological polar surface area (TPSA) is 135 Å². The Balaban J connectivity index is 1.50. The minimum Gasteiger partial charge on any atom is -0.392 e. The fraction of sp³-hybridized carbons (Fsp3) is 0.346. The monoisotopic (exact) mass is 562 g/mol. The van der Waals surface area contributed by atoms with Crippen LogP contribution in [0.4, 0.5) is 5.69 Å². The zero-order chi connectivity index (χ0) is 27.1. The number of nitrogens with zero attached hydrogens (tertiary/aromatic N) is 2. The van der Waals surface area contributed by atoms with Gasteiger partial charge in [-0.25, -0.2) is 10.5 Å².